The molecule has 1 aliphatic carbocycles. The van der Waals surface area contributed by atoms with Crippen LogP contribution >= 0.6 is 23.2 Å². The Balaban J connectivity index is 2.00. The molecule has 2 rings (SSSR count). The second-order valence-electron chi connectivity index (χ2n) is 5.28. The second kappa shape index (κ2) is 5.60. The minimum absolute atomic E-state index is 0.221. The highest BCUT2D eigenvalue weighted by Gasteiger charge is 2.26. The van der Waals surface area contributed by atoms with Crippen LogP contribution in [0, 0.1) is 11.8 Å². The van der Waals surface area contributed by atoms with Crippen LogP contribution in [0.2, 0.25) is 10.0 Å². The fraction of sp³-hybridized carbons (Fsp3) is 0.571. The van der Waals surface area contributed by atoms with E-state index in [0.29, 0.717) is 10.9 Å². The van der Waals surface area contributed by atoms with Gasteiger partial charge in [0, 0.05) is 16.1 Å². The van der Waals surface area contributed by atoms with Gasteiger partial charge < -0.3 is 5.73 Å². The van der Waals surface area contributed by atoms with E-state index in [-0.39, 0.29) is 6.04 Å². The smallest absolute Gasteiger partial charge is 0.0453 e. The van der Waals surface area contributed by atoms with Crippen molar-refractivity contribution in [2.75, 3.05) is 0 Å². The Morgan fingerprint density at radius 2 is 2.12 bits per heavy atom. The number of halogens is 2. The first-order chi connectivity index (χ1) is 8.06. The largest absolute Gasteiger partial charge is 0.327 e. The Hall–Kier alpha value is -0.240. The van der Waals surface area contributed by atoms with Gasteiger partial charge in [-0.15, -0.1) is 0 Å². The normalized spacial score (nSPS) is 26.1. The topological polar surface area (TPSA) is 26.0 Å². The number of benzene rings is 1. The summed E-state index contributed by atoms with van der Waals surface area (Å²) >= 11 is 12.1. The van der Waals surface area contributed by atoms with Crippen molar-refractivity contribution in [1.82, 2.24) is 0 Å². The van der Waals surface area contributed by atoms with Crippen molar-refractivity contribution in [1.29, 1.82) is 0 Å². The standard InChI is InChI=1S/C14H19Cl2N/c1-9-2-3-11(6-9)14(17)7-10-4-5-12(15)8-13(10)16/h4-5,8-9,11,14H,2-3,6-7,17H2,1H3. The monoisotopic (exact) mass is 271 g/mol. The maximum absolute atomic E-state index is 6.29. The molecule has 1 saturated carbocycles. The van der Waals surface area contributed by atoms with Gasteiger partial charge in [-0.25, -0.2) is 0 Å². The molecule has 3 heteroatoms. The average molecular weight is 272 g/mol. The third-order valence-electron chi connectivity index (χ3n) is 3.81. The van der Waals surface area contributed by atoms with Gasteiger partial charge in [-0.3, -0.25) is 0 Å². The molecule has 0 aromatic heterocycles. The molecule has 1 fully saturated rings. The van der Waals surface area contributed by atoms with E-state index >= 15 is 0 Å². The Morgan fingerprint density at radius 3 is 2.71 bits per heavy atom. The summed E-state index contributed by atoms with van der Waals surface area (Å²) < 4.78 is 0. The minimum atomic E-state index is 0.221. The van der Waals surface area contributed by atoms with Crippen LogP contribution in [0.5, 0.6) is 0 Å². The van der Waals surface area contributed by atoms with Crippen molar-refractivity contribution >= 4 is 23.2 Å². The van der Waals surface area contributed by atoms with Crippen LogP contribution in [0.1, 0.15) is 31.7 Å². The Kier molecular flexibility index (Phi) is 4.35. The van der Waals surface area contributed by atoms with E-state index in [1.807, 2.05) is 12.1 Å². The fourth-order valence-electron chi connectivity index (χ4n) is 2.75. The van der Waals surface area contributed by atoms with E-state index in [9.17, 15) is 0 Å². The van der Waals surface area contributed by atoms with E-state index in [1.54, 1.807) is 6.07 Å². The quantitative estimate of drug-likeness (QED) is 0.872. The molecule has 1 aliphatic rings. The van der Waals surface area contributed by atoms with Gasteiger partial charge in [0.1, 0.15) is 0 Å². The van der Waals surface area contributed by atoms with Crippen molar-refractivity contribution in [2.45, 2.75) is 38.6 Å². The number of rotatable bonds is 3. The Bertz CT molecular complexity index is 392. The lowest BCUT2D eigenvalue weighted by Crippen LogP contribution is -2.31. The lowest BCUT2D eigenvalue weighted by atomic mass is 9.92. The maximum Gasteiger partial charge on any atom is 0.0453 e. The molecule has 0 spiro atoms. The zero-order valence-electron chi connectivity index (χ0n) is 10.1. The summed E-state index contributed by atoms with van der Waals surface area (Å²) in [4.78, 5) is 0. The van der Waals surface area contributed by atoms with E-state index in [1.165, 1.54) is 19.3 Å². The molecule has 1 aromatic rings. The van der Waals surface area contributed by atoms with Crippen LogP contribution in [0.3, 0.4) is 0 Å². The summed E-state index contributed by atoms with van der Waals surface area (Å²) in [6.07, 6.45) is 4.68. The van der Waals surface area contributed by atoms with Crippen LogP contribution in [-0.2, 0) is 6.42 Å². The molecule has 0 radical (unpaired) electrons. The van der Waals surface area contributed by atoms with Gasteiger partial charge in [-0.1, -0.05) is 42.6 Å². The first-order valence-corrected chi connectivity index (χ1v) is 7.01. The van der Waals surface area contributed by atoms with E-state index in [2.05, 4.69) is 6.92 Å². The highest BCUT2D eigenvalue weighted by atomic mass is 35.5. The summed E-state index contributed by atoms with van der Waals surface area (Å²) in [6, 6.07) is 5.89. The van der Waals surface area contributed by atoms with E-state index < -0.39 is 0 Å². The predicted octanol–water partition coefficient (Wildman–Crippen LogP) is 4.30. The van der Waals surface area contributed by atoms with Gasteiger partial charge >= 0.3 is 0 Å². The van der Waals surface area contributed by atoms with Crippen molar-refractivity contribution in [3.05, 3.63) is 33.8 Å². The predicted molar refractivity (Wildman–Crippen MR) is 74.6 cm³/mol. The molecule has 0 saturated heterocycles. The van der Waals surface area contributed by atoms with Gasteiger partial charge in [-0.05, 0) is 48.8 Å². The molecular weight excluding hydrogens is 253 g/mol. The van der Waals surface area contributed by atoms with Crippen molar-refractivity contribution in [2.24, 2.45) is 17.6 Å². The average Bonchev–Trinajstić information content (AvgIpc) is 2.69. The summed E-state index contributed by atoms with van der Waals surface area (Å²) in [5.74, 6) is 1.48. The molecule has 0 aliphatic heterocycles. The minimum Gasteiger partial charge on any atom is -0.327 e. The molecule has 3 atom stereocenters. The summed E-state index contributed by atoms with van der Waals surface area (Å²) in [5, 5.41) is 1.42. The first kappa shape index (κ1) is 13.2. The molecular formula is C14H19Cl2N. The molecule has 1 aromatic carbocycles. The summed E-state index contributed by atoms with van der Waals surface area (Å²) in [7, 11) is 0. The van der Waals surface area contributed by atoms with Gasteiger partial charge in [0.2, 0.25) is 0 Å². The molecule has 3 unspecified atom stereocenters. The third kappa shape index (κ3) is 3.37. The molecule has 1 nitrogen and oxygen atoms in total. The van der Waals surface area contributed by atoms with Crippen LogP contribution in [0.15, 0.2) is 18.2 Å². The number of nitrogens with two attached hydrogens (primary N) is 1. The zero-order valence-corrected chi connectivity index (χ0v) is 11.6. The highest BCUT2D eigenvalue weighted by Crippen LogP contribution is 2.33. The highest BCUT2D eigenvalue weighted by molar-refractivity contribution is 6.35. The van der Waals surface area contributed by atoms with Crippen molar-refractivity contribution in [3.63, 3.8) is 0 Å². The molecule has 0 heterocycles. The number of hydrogen-bond donors (Lipinski definition) is 1. The molecule has 0 amide bonds. The van der Waals surface area contributed by atoms with Crippen molar-refractivity contribution in [3.8, 4) is 0 Å². The second-order valence-corrected chi connectivity index (χ2v) is 6.13. The summed E-state index contributed by atoms with van der Waals surface area (Å²) in [5.41, 5.74) is 7.40. The lowest BCUT2D eigenvalue weighted by Gasteiger charge is -2.19. The lowest BCUT2D eigenvalue weighted by molar-refractivity contribution is 0.415. The zero-order chi connectivity index (χ0) is 12.4. The Morgan fingerprint density at radius 1 is 1.35 bits per heavy atom. The SMILES string of the molecule is CC1CCC(C(N)Cc2ccc(Cl)cc2Cl)C1. The molecule has 2 N–H and O–H groups in total. The van der Waals surface area contributed by atoms with Gasteiger partial charge in [-0.2, -0.15) is 0 Å². The molecule has 17 heavy (non-hydrogen) atoms. The van der Waals surface area contributed by atoms with Crippen LogP contribution in [0.4, 0.5) is 0 Å². The van der Waals surface area contributed by atoms with Gasteiger partial charge in [0.05, 0.1) is 0 Å². The summed E-state index contributed by atoms with van der Waals surface area (Å²) in [6.45, 7) is 2.31. The van der Waals surface area contributed by atoms with E-state index in [4.69, 9.17) is 28.9 Å². The van der Waals surface area contributed by atoms with Crippen molar-refractivity contribution < 1.29 is 0 Å². The molecule has 94 valence electrons. The maximum atomic E-state index is 6.29. The van der Waals surface area contributed by atoms with Crippen LogP contribution < -0.4 is 5.73 Å². The first-order valence-electron chi connectivity index (χ1n) is 6.25. The van der Waals surface area contributed by atoms with Gasteiger partial charge in [0.15, 0.2) is 0 Å². The number of hydrogen-bond acceptors (Lipinski definition) is 1. The van der Waals surface area contributed by atoms with E-state index in [0.717, 1.165) is 22.9 Å². The third-order valence-corrected chi connectivity index (χ3v) is 4.40. The van der Waals surface area contributed by atoms with Gasteiger partial charge in [0.25, 0.3) is 0 Å². The molecule has 0 bridgehead atoms. The van der Waals surface area contributed by atoms with Crippen LogP contribution in [0.25, 0.3) is 0 Å². The van der Waals surface area contributed by atoms with Crippen LogP contribution in [-0.4, -0.2) is 6.04 Å². The fourth-order valence-corrected chi connectivity index (χ4v) is 3.23. The Labute approximate surface area is 113 Å².